The molecule has 0 aliphatic heterocycles. The lowest BCUT2D eigenvalue weighted by atomic mass is 9.58. The molecule has 0 heterocycles. The molecular formula is C22H42O2. The van der Waals surface area contributed by atoms with Crippen molar-refractivity contribution in [1.29, 1.82) is 0 Å². The van der Waals surface area contributed by atoms with E-state index in [-0.39, 0.29) is 16.2 Å². The van der Waals surface area contributed by atoms with Crippen LogP contribution < -0.4 is 0 Å². The van der Waals surface area contributed by atoms with E-state index in [1.165, 1.54) is 0 Å². The second-order valence-electron chi connectivity index (χ2n) is 10.2. The van der Waals surface area contributed by atoms with Crippen molar-refractivity contribution in [3.63, 3.8) is 0 Å². The molecule has 0 unspecified atom stereocenters. The third-order valence-electron chi connectivity index (χ3n) is 6.93. The van der Waals surface area contributed by atoms with Crippen LogP contribution in [-0.4, -0.2) is 11.1 Å². The van der Waals surface area contributed by atoms with E-state index >= 15 is 0 Å². The molecule has 0 saturated heterocycles. The molecule has 24 heavy (non-hydrogen) atoms. The topological polar surface area (TPSA) is 37.3 Å². The molecule has 0 aliphatic rings. The highest BCUT2D eigenvalue weighted by Gasteiger charge is 2.43. The number of carbonyl (C=O) groups is 1. The van der Waals surface area contributed by atoms with Crippen molar-refractivity contribution in [3.05, 3.63) is 11.1 Å². The van der Waals surface area contributed by atoms with Crippen molar-refractivity contribution < 1.29 is 9.90 Å². The van der Waals surface area contributed by atoms with Crippen molar-refractivity contribution >= 4 is 5.97 Å². The van der Waals surface area contributed by atoms with Gasteiger partial charge in [-0.25, -0.2) is 4.79 Å². The van der Waals surface area contributed by atoms with Gasteiger partial charge in [-0.2, -0.15) is 0 Å². The maximum Gasteiger partial charge on any atom is 0.331 e. The van der Waals surface area contributed by atoms with E-state index in [4.69, 9.17) is 0 Å². The molecule has 2 heteroatoms. The first-order valence-electron chi connectivity index (χ1n) is 9.46. The molecule has 0 rings (SSSR count). The SMILES string of the molecule is CC(C)C(C)(C)CC(C(=O)O)=C(C(C)(C)C(C)C)C(C)(C)C(C)C. The number of carboxylic acids is 1. The predicted molar refractivity (Wildman–Crippen MR) is 105 cm³/mol. The summed E-state index contributed by atoms with van der Waals surface area (Å²) in [6.45, 7) is 26.4. The van der Waals surface area contributed by atoms with Crippen molar-refractivity contribution in [1.82, 2.24) is 0 Å². The van der Waals surface area contributed by atoms with Crippen molar-refractivity contribution in [2.45, 2.75) is 89.5 Å². The average Bonchev–Trinajstić information content (AvgIpc) is 2.36. The number of allylic oxidation sites excluding steroid dienone is 1. The van der Waals surface area contributed by atoms with Gasteiger partial charge in [-0.3, -0.25) is 0 Å². The average molecular weight is 339 g/mol. The van der Waals surface area contributed by atoms with E-state index in [0.717, 1.165) is 5.57 Å². The van der Waals surface area contributed by atoms with E-state index in [0.29, 0.717) is 29.7 Å². The summed E-state index contributed by atoms with van der Waals surface area (Å²) in [6, 6.07) is 0. The van der Waals surface area contributed by atoms with Gasteiger partial charge in [-0.05, 0) is 46.0 Å². The van der Waals surface area contributed by atoms with Gasteiger partial charge < -0.3 is 5.11 Å². The Balaban J connectivity index is 6.69. The molecule has 0 aliphatic carbocycles. The first-order chi connectivity index (χ1) is 10.5. The quantitative estimate of drug-likeness (QED) is 0.494. The van der Waals surface area contributed by atoms with Crippen LogP contribution in [0.25, 0.3) is 0 Å². The van der Waals surface area contributed by atoms with Crippen LogP contribution in [0.1, 0.15) is 89.5 Å². The highest BCUT2D eigenvalue weighted by atomic mass is 16.4. The minimum Gasteiger partial charge on any atom is -0.478 e. The lowest BCUT2D eigenvalue weighted by Gasteiger charge is -2.46. The van der Waals surface area contributed by atoms with Crippen LogP contribution in [0.5, 0.6) is 0 Å². The van der Waals surface area contributed by atoms with Gasteiger partial charge in [-0.1, -0.05) is 83.1 Å². The summed E-state index contributed by atoms with van der Waals surface area (Å²) >= 11 is 0. The summed E-state index contributed by atoms with van der Waals surface area (Å²) in [5.74, 6) is 0.433. The number of carboxylic acid groups (broad SMARTS) is 1. The van der Waals surface area contributed by atoms with Gasteiger partial charge in [0.15, 0.2) is 0 Å². The molecule has 0 spiro atoms. The van der Waals surface area contributed by atoms with Crippen molar-refractivity contribution in [2.24, 2.45) is 34.0 Å². The van der Waals surface area contributed by atoms with Crippen molar-refractivity contribution in [2.75, 3.05) is 0 Å². The molecule has 0 aromatic rings. The second-order valence-corrected chi connectivity index (χ2v) is 10.2. The Hall–Kier alpha value is -0.790. The molecular weight excluding hydrogens is 296 g/mol. The molecule has 2 nitrogen and oxygen atoms in total. The van der Waals surface area contributed by atoms with Gasteiger partial charge in [0.2, 0.25) is 0 Å². The Morgan fingerprint density at radius 3 is 1.29 bits per heavy atom. The van der Waals surface area contributed by atoms with E-state index in [9.17, 15) is 9.90 Å². The second kappa shape index (κ2) is 7.62. The van der Waals surface area contributed by atoms with Crippen LogP contribution in [0, 0.1) is 34.0 Å². The van der Waals surface area contributed by atoms with Crippen LogP contribution in [0.15, 0.2) is 11.1 Å². The number of hydrogen-bond donors (Lipinski definition) is 1. The Morgan fingerprint density at radius 2 is 1.08 bits per heavy atom. The standard InChI is InChI=1S/C22H42O2/c1-14(2)20(7,8)13-17(19(23)24)18(21(9,10)15(3)4)22(11,12)16(5)6/h14-16H,13H2,1-12H3,(H,23,24). The number of hydrogen-bond acceptors (Lipinski definition) is 1. The van der Waals surface area contributed by atoms with Gasteiger partial charge in [-0.15, -0.1) is 0 Å². The maximum absolute atomic E-state index is 12.3. The zero-order valence-electron chi connectivity index (χ0n) is 18.3. The van der Waals surface area contributed by atoms with Crippen LogP contribution in [-0.2, 0) is 4.79 Å². The summed E-state index contributed by atoms with van der Waals surface area (Å²) in [7, 11) is 0. The minimum absolute atomic E-state index is 0.0426. The third kappa shape index (κ3) is 4.86. The molecule has 0 radical (unpaired) electrons. The maximum atomic E-state index is 12.3. The zero-order valence-corrected chi connectivity index (χ0v) is 18.3. The first kappa shape index (κ1) is 23.2. The van der Waals surface area contributed by atoms with E-state index in [2.05, 4.69) is 83.1 Å². The summed E-state index contributed by atoms with van der Waals surface area (Å²) in [6.07, 6.45) is 0.613. The van der Waals surface area contributed by atoms with Crippen LogP contribution >= 0.6 is 0 Å². The summed E-state index contributed by atoms with van der Waals surface area (Å²) in [5.41, 5.74) is 1.40. The summed E-state index contributed by atoms with van der Waals surface area (Å²) in [4.78, 5) is 12.3. The van der Waals surface area contributed by atoms with Gasteiger partial charge in [0, 0.05) is 5.57 Å². The molecule has 0 amide bonds. The minimum atomic E-state index is -0.749. The van der Waals surface area contributed by atoms with E-state index < -0.39 is 5.97 Å². The lowest BCUT2D eigenvalue weighted by Crippen LogP contribution is -2.38. The Bertz CT molecular complexity index is 452. The fourth-order valence-electron chi connectivity index (χ4n) is 3.12. The molecule has 1 N–H and O–H groups in total. The Labute approximate surface area is 151 Å². The number of aliphatic carboxylic acids is 1. The van der Waals surface area contributed by atoms with Gasteiger partial charge in [0.25, 0.3) is 0 Å². The smallest absolute Gasteiger partial charge is 0.331 e. The monoisotopic (exact) mass is 338 g/mol. The van der Waals surface area contributed by atoms with Crippen LogP contribution in [0.2, 0.25) is 0 Å². The first-order valence-corrected chi connectivity index (χ1v) is 9.46. The molecule has 0 fully saturated rings. The number of rotatable bonds is 8. The fraction of sp³-hybridized carbons (Fsp3) is 0.864. The lowest BCUT2D eigenvalue weighted by molar-refractivity contribution is -0.133. The zero-order chi connectivity index (χ0) is 19.7. The van der Waals surface area contributed by atoms with Gasteiger partial charge in [0.05, 0.1) is 0 Å². The normalized spacial score (nSPS) is 13.8. The molecule has 0 aromatic heterocycles. The fourth-order valence-corrected chi connectivity index (χ4v) is 3.12. The molecule has 0 aromatic carbocycles. The van der Waals surface area contributed by atoms with Crippen LogP contribution in [0.4, 0.5) is 0 Å². The van der Waals surface area contributed by atoms with Crippen molar-refractivity contribution in [3.8, 4) is 0 Å². The largest absolute Gasteiger partial charge is 0.478 e. The predicted octanol–water partition coefficient (Wildman–Crippen LogP) is 6.80. The Kier molecular flexibility index (Phi) is 7.37. The molecule has 0 bridgehead atoms. The third-order valence-corrected chi connectivity index (χ3v) is 6.93. The molecule has 142 valence electrons. The molecule has 0 saturated carbocycles. The molecule has 0 atom stereocenters. The summed E-state index contributed by atoms with van der Waals surface area (Å²) in [5, 5.41) is 10.1. The highest BCUT2D eigenvalue weighted by molar-refractivity contribution is 5.88. The van der Waals surface area contributed by atoms with E-state index in [1.54, 1.807) is 0 Å². The van der Waals surface area contributed by atoms with Gasteiger partial charge in [0.1, 0.15) is 0 Å². The van der Waals surface area contributed by atoms with E-state index in [1.807, 2.05) is 0 Å². The van der Waals surface area contributed by atoms with Gasteiger partial charge >= 0.3 is 5.97 Å². The highest BCUT2D eigenvalue weighted by Crippen LogP contribution is 2.51. The summed E-state index contributed by atoms with van der Waals surface area (Å²) < 4.78 is 0. The van der Waals surface area contributed by atoms with Crippen LogP contribution in [0.3, 0.4) is 0 Å². The Morgan fingerprint density at radius 1 is 0.750 bits per heavy atom.